The fourth-order valence-electron chi connectivity index (χ4n) is 3.22. The van der Waals surface area contributed by atoms with Crippen LogP contribution in [0.15, 0.2) is 0 Å². The van der Waals surface area contributed by atoms with Gasteiger partial charge in [0.2, 0.25) is 0 Å². The summed E-state index contributed by atoms with van der Waals surface area (Å²) in [5.74, 6) is 2.10. The van der Waals surface area contributed by atoms with Gasteiger partial charge in [0.1, 0.15) is 0 Å². The van der Waals surface area contributed by atoms with Crippen LogP contribution in [0.25, 0.3) is 0 Å². The Hall–Kier alpha value is 1.59. The van der Waals surface area contributed by atoms with E-state index in [1.54, 1.807) is 0 Å². The first kappa shape index (κ1) is 33.6. The molecule has 0 aliphatic carbocycles. The number of rotatable bonds is 23. The second kappa shape index (κ2) is 20.8. The molecule has 0 aromatic heterocycles. The molecule has 0 saturated carbocycles. The molecule has 0 aromatic rings. The zero-order valence-electron chi connectivity index (χ0n) is 21.3. The maximum absolute atomic E-state index is 6.03. The first-order valence-corrected chi connectivity index (χ1v) is 20.6. The highest BCUT2D eigenvalue weighted by molar-refractivity contribution is 9.26. The van der Waals surface area contributed by atoms with Gasteiger partial charge in [0.05, 0.1) is 0 Å². The predicted molar refractivity (Wildman–Crippen MR) is 149 cm³/mol. The van der Waals surface area contributed by atoms with Crippen LogP contribution in [0, 0.1) is 0 Å². The van der Waals surface area contributed by atoms with E-state index in [9.17, 15) is 0 Å². The molecule has 0 aromatic carbocycles. The summed E-state index contributed by atoms with van der Waals surface area (Å²) in [6, 6.07) is 0. The van der Waals surface area contributed by atoms with Gasteiger partial charge in [0.25, 0.3) is 0 Å². The van der Waals surface area contributed by atoms with Crippen LogP contribution in [0.3, 0.4) is 0 Å². The van der Waals surface area contributed by atoms with E-state index in [1.807, 2.05) is 82.8 Å². The minimum absolute atomic E-state index is 0.294. The van der Waals surface area contributed by atoms with E-state index < -0.39 is 17.6 Å². The SMILES string of the molecule is CCO[Si](OCC)(OCC)C(C)CCSSSSCCC(C)[Si](OCC)(OCC)OCC. The Bertz CT molecular complexity index is 371. The molecule has 0 fully saturated rings. The first-order chi connectivity index (χ1) is 15.4. The van der Waals surface area contributed by atoms with Gasteiger partial charge in [-0.25, -0.2) is 0 Å². The van der Waals surface area contributed by atoms with E-state index in [-0.39, 0.29) is 0 Å². The van der Waals surface area contributed by atoms with Gasteiger partial charge in [-0.05, 0) is 74.0 Å². The molecule has 0 amide bonds. The number of hydrogen-bond acceptors (Lipinski definition) is 10. The Morgan fingerprint density at radius 3 is 0.969 bits per heavy atom. The third-order valence-electron chi connectivity index (χ3n) is 4.67. The minimum atomic E-state index is -2.60. The molecule has 0 N–H and O–H groups in total. The van der Waals surface area contributed by atoms with Crippen LogP contribution in [-0.4, -0.2) is 68.8 Å². The van der Waals surface area contributed by atoms with Crippen molar-refractivity contribution < 1.29 is 26.6 Å². The summed E-state index contributed by atoms with van der Waals surface area (Å²) in [7, 11) is 2.27. The van der Waals surface area contributed by atoms with Crippen molar-refractivity contribution in [1.29, 1.82) is 0 Å². The van der Waals surface area contributed by atoms with Gasteiger partial charge in [-0.15, -0.1) is 0 Å². The highest BCUT2D eigenvalue weighted by atomic mass is 33.7. The summed E-state index contributed by atoms with van der Waals surface area (Å²) in [4.78, 5) is 0. The Labute approximate surface area is 215 Å². The third-order valence-corrected chi connectivity index (χ3v) is 18.3. The average Bonchev–Trinajstić information content (AvgIpc) is 2.76. The zero-order chi connectivity index (χ0) is 24.3. The van der Waals surface area contributed by atoms with Gasteiger partial charge in [-0.1, -0.05) is 35.4 Å². The maximum atomic E-state index is 6.03. The van der Waals surface area contributed by atoms with Crippen molar-refractivity contribution in [3.63, 3.8) is 0 Å². The molecule has 0 radical (unpaired) electrons. The Kier molecular flexibility index (Phi) is 21.8. The lowest BCUT2D eigenvalue weighted by molar-refractivity contribution is 0.0614. The van der Waals surface area contributed by atoms with Crippen LogP contribution in [0.5, 0.6) is 0 Å². The van der Waals surface area contributed by atoms with Crippen molar-refractivity contribution in [3.8, 4) is 0 Å². The lowest BCUT2D eigenvalue weighted by Gasteiger charge is -2.33. The molecule has 0 aliphatic heterocycles. The lowest BCUT2D eigenvalue weighted by atomic mass is 10.4. The van der Waals surface area contributed by atoms with Crippen molar-refractivity contribution in [2.75, 3.05) is 51.1 Å². The van der Waals surface area contributed by atoms with Gasteiger partial charge < -0.3 is 26.6 Å². The van der Waals surface area contributed by atoms with Gasteiger partial charge >= 0.3 is 17.6 Å². The van der Waals surface area contributed by atoms with E-state index in [0.29, 0.717) is 50.7 Å². The minimum Gasteiger partial charge on any atom is -0.374 e. The quantitative estimate of drug-likeness (QED) is 0.0714. The van der Waals surface area contributed by atoms with E-state index in [0.717, 1.165) is 24.3 Å². The smallest absolute Gasteiger partial charge is 0.374 e. The Morgan fingerprint density at radius 2 is 0.750 bits per heavy atom. The summed E-state index contributed by atoms with van der Waals surface area (Å²) in [5, 5.41) is 0. The molecule has 0 heterocycles. The molecule has 0 spiro atoms. The second-order valence-corrected chi connectivity index (χ2v) is 19.3. The third kappa shape index (κ3) is 12.5. The molecule has 2 unspecified atom stereocenters. The number of hydrogen-bond donors (Lipinski definition) is 0. The molecule has 0 bridgehead atoms. The molecule has 0 rings (SSSR count). The van der Waals surface area contributed by atoms with Gasteiger partial charge in [-0.2, -0.15) is 0 Å². The van der Waals surface area contributed by atoms with Gasteiger partial charge in [0.15, 0.2) is 0 Å². The molecule has 194 valence electrons. The van der Waals surface area contributed by atoms with Crippen LogP contribution in [0.2, 0.25) is 11.1 Å². The summed E-state index contributed by atoms with van der Waals surface area (Å²) >= 11 is 0. The summed E-state index contributed by atoms with van der Waals surface area (Å²) in [6.07, 6.45) is 2.05. The Balaban J connectivity index is 4.28. The monoisotopic (exact) mass is 566 g/mol. The zero-order valence-corrected chi connectivity index (χ0v) is 26.6. The Morgan fingerprint density at radius 1 is 0.500 bits per heavy atom. The standard InChI is InChI=1S/C20H46O6S4Si2/c1-9-21-31(22-10-2,23-11-3)19(7)15-17-27-29-30-28-18-16-20(8)32(24-12-4,25-13-5)26-14-6/h19-20H,9-18H2,1-8H3. The maximum Gasteiger partial charge on any atom is 0.503 e. The van der Waals surface area contributed by atoms with Crippen molar-refractivity contribution in [2.45, 2.75) is 79.3 Å². The van der Waals surface area contributed by atoms with E-state index in [2.05, 4.69) is 13.8 Å². The average molecular weight is 567 g/mol. The molecule has 0 aliphatic rings. The fraction of sp³-hybridized carbons (Fsp3) is 1.00. The molecule has 6 nitrogen and oxygen atoms in total. The van der Waals surface area contributed by atoms with E-state index in [4.69, 9.17) is 26.6 Å². The molecular formula is C20H46O6S4Si2. The normalized spacial score (nSPS) is 14.6. The van der Waals surface area contributed by atoms with Crippen LogP contribution >= 0.6 is 41.2 Å². The van der Waals surface area contributed by atoms with Crippen molar-refractivity contribution in [3.05, 3.63) is 0 Å². The van der Waals surface area contributed by atoms with E-state index >= 15 is 0 Å². The van der Waals surface area contributed by atoms with E-state index in [1.165, 1.54) is 0 Å². The summed E-state index contributed by atoms with van der Waals surface area (Å²) in [6.45, 7) is 20.2. The van der Waals surface area contributed by atoms with Crippen LogP contribution in [-0.2, 0) is 26.6 Å². The molecule has 2 atom stereocenters. The van der Waals surface area contributed by atoms with Gasteiger partial charge in [-0.3, -0.25) is 0 Å². The van der Waals surface area contributed by atoms with Crippen molar-refractivity contribution in [2.24, 2.45) is 0 Å². The van der Waals surface area contributed by atoms with Crippen LogP contribution < -0.4 is 0 Å². The topological polar surface area (TPSA) is 55.4 Å². The van der Waals surface area contributed by atoms with Crippen molar-refractivity contribution in [1.82, 2.24) is 0 Å². The summed E-state index contributed by atoms with van der Waals surface area (Å²) < 4.78 is 36.2. The fourth-order valence-corrected chi connectivity index (χ4v) is 15.6. The molecular weight excluding hydrogens is 521 g/mol. The lowest BCUT2D eigenvalue weighted by Crippen LogP contribution is -2.49. The highest BCUT2D eigenvalue weighted by Crippen LogP contribution is 2.45. The summed E-state index contributed by atoms with van der Waals surface area (Å²) in [5.41, 5.74) is 0.588. The van der Waals surface area contributed by atoms with Gasteiger partial charge in [0, 0.05) is 62.2 Å². The largest absolute Gasteiger partial charge is 0.503 e. The van der Waals surface area contributed by atoms with Crippen molar-refractivity contribution >= 4 is 58.8 Å². The first-order valence-electron chi connectivity index (χ1n) is 11.8. The molecule has 0 saturated heterocycles. The molecule has 32 heavy (non-hydrogen) atoms. The second-order valence-electron chi connectivity index (χ2n) is 6.96. The highest BCUT2D eigenvalue weighted by Gasteiger charge is 2.47. The van der Waals surface area contributed by atoms with Crippen LogP contribution in [0.1, 0.15) is 68.2 Å². The van der Waals surface area contributed by atoms with Crippen LogP contribution in [0.4, 0.5) is 0 Å². The predicted octanol–water partition coefficient (Wildman–Crippen LogP) is 7.32. The molecule has 12 heteroatoms.